The van der Waals surface area contributed by atoms with Crippen LogP contribution in [-0.4, -0.2) is 47.7 Å². The van der Waals surface area contributed by atoms with Gasteiger partial charge in [-0.05, 0) is 25.7 Å². The molecule has 6 nitrogen and oxygen atoms in total. The van der Waals surface area contributed by atoms with Crippen molar-refractivity contribution in [2.45, 2.75) is 50.7 Å². The number of fused-ring (bicyclic) bond motifs is 1. The molecule has 136 valence electrons. The summed E-state index contributed by atoms with van der Waals surface area (Å²) in [6, 6.07) is 0.348. The maximum Gasteiger partial charge on any atom is 0.225 e. The van der Waals surface area contributed by atoms with Gasteiger partial charge in [-0.1, -0.05) is 12.8 Å². The number of nitrogens with zero attached hydrogens (tertiary/aromatic N) is 3. The van der Waals surface area contributed by atoms with Crippen LogP contribution in [0.2, 0.25) is 0 Å². The fourth-order valence-electron chi connectivity index (χ4n) is 4.35. The lowest BCUT2D eigenvalue weighted by molar-refractivity contribution is -0.136. The van der Waals surface area contributed by atoms with Crippen LogP contribution in [-0.2, 0) is 9.53 Å². The summed E-state index contributed by atoms with van der Waals surface area (Å²) in [6.45, 7) is 2.07. The second kappa shape index (κ2) is 7.23. The Bertz CT molecular complexity index is 606. The van der Waals surface area contributed by atoms with Crippen LogP contribution in [0, 0.1) is 17.7 Å². The molecule has 1 aliphatic carbocycles. The van der Waals surface area contributed by atoms with E-state index in [2.05, 4.69) is 20.2 Å². The zero-order valence-electron chi connectivity index (χ0n) is 14.4. The molecule has 0 unspecified atom stereocenters. The van der Waals surface area contributed by atoms with Gasteiger partial charge in [-0.15, -0.1) is 0 Å². The van der Waals surface area contributed by atoms with Gasteiger partial charge in [0, 0.05) is 25.0 Å². The molecule has 1 amide bonds. The van der Waals surface area contributed by atoms with Crippen LogP contribution in [0.1, 0.15) is 38.5 Å². The van der Waals surface area contributed by atoms with E-state index in [1.165, 1.54) is 25.2 Å². The predicted molar refractivity (Wildman–Crippen MR) is 90.6 cm³/mol. The minimum absolute atomic E-state index is 0.0732. The van der Waals surface area contributed by atoms with Crippen molar-refractivity contribution in [1.82, 2.24) is 15.3 Å². The van der Waals surface area contributed by atoms with Gasteiger partial charge in [-0.2, -0.15) is 0 Å². The maximum absolute atomic E-state index is 13.0. The van der Waals surface area contributed by atoms with Gasteiger partial charge in [-0.3, -0.25) is 4.79 Å². The zero-order chi connectivity index (χ0) is 17.2. The van der Waals surface area contributed by atoms with Crippen molar-refractivity contribution in [3.05, 3.63) is 18.2 Å². The molecule has 1 aromatic heterocycles. The first-order valence-electron chi connectivity index (χ1n) is 9.33. The standard InChI is InChI=1S/C18H25FN4O2/c19-14-8-20-18(21-9-14)23-6-5-16-12(10-23)7-13(11-25-16)17(24)22-15-3-1-2-4-15/h8-9,12-13,15-16H,1-7,10-11H2,(H,22,24)/t12-,13-,16+/m1/s1. The molecule has 1 aromatic rings. The molecule has 0 spiro atoms. The Morgan fingerprint density at radius 2 is 2.00 bits per heavy atom. The second-order valence-corrected chi connectivity index (χ2v) is 7.49. The number of aromatic nitrogens is 2. The van der Waals surface area contributed by atoms with E-state index in [0.29, 0.717) is 18.6 Å². The first-order valence-corrected chi connectivity index (χ1v) is 9.33. The Kier molecular flexibility index (Phi) is 4.83. The first-order chi connectivity index (χ1) is 12.2. The highest BCUT2D eigenvalue weighted by atomic mass is 19.1. The van der Waals surface area contributed by atoms with E-state index in [4.69, 9.17) is 4.74 Å². The van der Waals surface area contributed by atoms with Gasteiger partial charge in [0.15, 0.2) is 5.82 Å². The summed E-state index contributed by atoms with van der Waals surface area (Å²) >= 11 is 0. The van der Waals surface area contributed by atoms with Crippen molar-refractivity contribution < 1.29 is 13.9 Å². The lowest BCUT2D eigenvalue weighted by Gasteiger charge is -2.43. The van der Waals surface area contributed by atoms with Crippen LogP contribution in [0.15, 0.2) is 12.4 Å². The molecule has 0 radical (unpaired) electrons. The second-order valence-electron chi connectivity index (χ2n) is 7.49. The third-order valence-corrected chi connectivity index (χ3v) is 5.72. The zero-order valence-corrected chi connectivity index (χ0v) is 14.4. The lowest BCUT2D eigenvalue weighted by atomic mass is 9.83. The van der Waals surface area contributed by atoms with E-state index < -0.39 is 5.82 Å². The van der Waals surface area contributed by atoms with Gasteiger partial charge in [0.05, 0.1) is 31.0 Å². The summed E-state index contributed by atoms with van der Waals surface area (Å²) in [6.07, 6.45) is 8.94. The summed E-state index contributed by atoms with van der Waals surface area (Å²) in [5.74, 6) is 0.479. The molecule has 0 bridgehead atoms. The predicted octanol–water partition coefficient (Wildman–Crippen LogP) is 1.91. The molecule has 3 atom stereocenters. The monoisotopic (exact) mass is 348 g/mol. The van der Waals surface area contributed by atoms with Crippen molar-refractivity contribution in [3.63, 3.8) is 0 Å². The SMILES string of the molecule is O=C(NC1CCCC1)[C@H]1CO[C@H]2CCN(c3ncc(F)cn3)C[C@H]2C1. The number of carbonyl (C=O) groups is 1. The largest absolute Gasteiger partial charge is 0.377 e. The third kappa shape index (κ3) is 3.76. The van der Waals surface area contributed by atoms with Crippen LogP contribution in [0.25, 0.3) is 0 Å². The van der Waals surface area contributed by atoms with Gasteiger partial charge in [0.25, 0.3) is 0 Å². The van der Waals surface area contributed by atoms with Gasteiger partial charge >= 0.3 is 0 Å². The molecule has 1 saturated carbocycles. The fraction of sp³-hybridized carbons (Fsp3) is 0.722. The molecule has 1 N–H and O–H groups in total. The number of rotatable bonds is 3. The number of anilines is 1. The number of nitrogens with one attached hydrogen (secondary N) is 1. The molecule has 0 aromatic carbocycles. The van der Waals surface area contributed by atoms with E-state index in [1.54, 1.807) is 0 Å². The highest BCUT2D eigenvalue weighted by Gasteiger charge is 2.39. The molecular weight excluding hydrogens is 323 g/mol. The summed E-state index contributed by atoms with van der Waals surface area (Å²) in [5, 5.41) is 3.19. The molecule has 3 aliphatic rings. The number of carbonyl (C=O) groups excluding carboxylic acids is 1. The Labute approximate surface area is 147 Å². The molecule has 4 rings (SSSR count). The maximum atomic E-state index is 13.0. The lowest BCUT2D eigenvalue weighted by Crippen LogP contribution is -2.51. The fourth-order valence-corrected chi connectivity index (χ4v) is 4.35. The molecule has 3 heterocycles. The number of ether oxygens (including phenoxy) is 1. The number of hydrogen-bond acceptors (Lipinski definition) is 5. The van der Waals surface area contributed by atoms with Crippen molar-refractivity contribution >= 4 is 11.9 Å². The van der Waals surface area contributed by atoms with E-state index in [0.717, 1.165) is 38.8 Å². The molecule has 2 saturated heterocycles. The minimum Gasteiger partial charge on any atom is -0.377 e. The van der Waals surface area contributed by atoms with E-state index in [1.807, 2.05) is 0 Å². The van der Waals surface area contributed by atoms with Crippen LogP contribution in [0.3, 0.4) is 0 Å². The van der Waals surface area contributed by atoms with Gasteiger partial charge in [-0.25, -0.2) is 14.4 Å². The highest BCUT2D eigenvalue weighted by Crippen LogP contribution is 2.33. The smallest absolute Gasteiger partial charge is 0.225 e. The molecule has 2 aliphatic heterocycles. The Morgan fingerprint density at radius 1 is 1.24 bits per heavy atom. The minimum atomic E-state index is -0.428. The summed E-state index contributed by atoms with van der Waals surface area (Å²) in [5.41, 5.74) is 0. The van der Waals surface area contributed by atoms with Crippen LogP contribution < -0.4 is 10.2 Å². The summed E-state index contributed by atoms with van der Waals surface area (Å²) < 4.78 is 19.0. The van der Waals surface area contributed by atoms with Crippen LogP contribution in [0.5, 0.6) is 0 Å². The van der Waals surface area contributed by atoms with E-state index in [9.17, 15) is 9.18 Å². The van der Waals surface area contributed by atoms with Crippen molar-refractivity contribution in [2.24, 2.45) is 11.8 Å². The summed E-state index contributed by atoms with van der Waals surface area (Å²) in [4.78, 5) is 22.8. The number of halogens is 1. The van der Waals surface area contributed by atoms with Gasteiger partial charge < -0.3 is 15.0 Å². The first kappa shape index (κ1) is 16.7. The topological polar surface area (TPSA) is 67.3 Å². The number of piperidine rings is 1. The summed E-state index contributed by atoms with van der Waals surface area (Å²) in [7, 11) is 0. The van der Waals surface area contributed by atoms with Crippen molar-refractivity contribution in [1.29, 1.82) is 0 Å². The highest BCUT2D eigenvalue weighted by molar-refractivity contribution is 5.79. The molecule has 7 heteroatoms. The van der Waals surface area contributed by atoms with Crippen molar-refractivity contribution in [2.75, 3.05) is 24.6 Å². The normalized spacial score (nSPS) is 30.1. The van der Waals surface area contributed by atoms with Gasteiger partial charge in [0.1, 0.15) is 0 Å². The van der Waals surface area contributed by atoms with Crippen LogP contribution >= 0.6 is 0 Å². The van der Waals surface area contributed by atoms with Gasteiger partial charge in [0.2, 0.25) is 11.9 Å². The van der Waals surface area contributed by atoms with E-state index >= 15 is 0 Å². The molecule has 25 heavy (non-hydrogen) atoms. The third-order valence-electron chi connectivity index (χ3n) is 5.72. The Morgan fingerprint density at radius 3 is 2.76 bits per heavy atom. The molecular formula is C18H25FN4O2. The molecule has 3 fully saturated rings. The quantitative estimate of drug-likeness (QED) is 0.904. The average molecular weight is 348 g/mol. The Hall–Kier alpha value is -1.76. The van der Waals surface area contributed by atoms with E-state index in [-0.39, 0.29) is 23.8 Å². The average Bonchev–Trinajstić information content (AvgIpc) is 3.14. The van der Waals surface area contributed by atoms with Crippen LogP contribution in [0.4, 0.5) is 10.3 Å². The number of hydrogen-bond donors (Lipinski definition) is 1. The number of amides is 1. The van der Waals surface area contributed by atoms with Crippen molar-refractivity contribution in [3.8, 4) is 0 Å². The Balaban J connectivity index is 1.36.